The zero-order chi connectivity index (χ0) is 36.9. The molecule has 52 heavy (non-hydrogen) atoms. The van der Waals surface area contributed by atoms with E-state index in [0.717, 1.165) is 38.6 Å². The van der Waals surface area contributed by atoms with Gasteiger partial charge in [-0.1, -0.05) is 39.3 Å². The molecule has 21 atom stereocenters. The van der Waals surface area contributed by atoms with Crippen molar-refractivity contribution in [2.45, 2.75) is 165 Å². The van der Waals surface area contributed by atoms with E-state index in [2.05, 4.69) is 39.1 Å². The van der Waals surface area contributed by atoms with Crippen LogP contribution in [0.1, 0.15) is 85.5 Å². The van der Waals surface area contributed by atoms with Crippen LogP contribution in [-0.2, 0) is 23.7 Å². The van der Waals surface area contributed by atoms with Crippen molar-refractivity contribution in [1.82, 2.24) is 5.32 Å². The molecule has 7 fully saturated rings. The molecule has 8 aliphatic rings. The third-order valence-corrected chi connectivity index (χ3v) is 15.8. The molecule has 0 amide bonds. The Bertz CT molecular complexity index is 1330. The van der Waals surface area contributed by atoms with Crippen molar-refractivity contribution in [3.63, 3.8) is 0 Å². The summed E-state index contributed by atoms with van der Waals surface area (Å²) in [7, 11) is 0. The van der Waals surface area contributed by atoms with Gasteiger partial charge in [0.25, 0.3) is 0 Å². The van der Waals surface area contributed by atoms with E-state index in [1.54, 1.807) is 0 Å². The topological polar surface area (TPSA) is 200 Å². The van der Waals surface area contributed by atoms with Crippen molar-refractivity contribution in [1.29, 1.82) is 0 Å². The maximum Gasteiger partial charge on any atom is 0.187 e. The van der Waals surface area contributed by atoms with E-state index in [1.807, 2.05) is 0 Å². The first-order valence-corrected chi connectivity index (χ1v) is 20.1. The molecule has 0 aromatic heterocycles. The maximum absolute atomic E-state index is 11.4. The quantitative estimate of drug-likeness (QED) is 0.179. The van der Waals surface area contributed by atoms with Crippen LogP contribution < -0.4 is 5.32 Å². The third kappa shape index (κ3) is 5.90. The molecule has 4 saturated heterocycles. The Morgan fingerprint density at radius 2 is 1.52 bits per heavy atom. The molecule has 0 aromatic carbocycles. The lowest BCUT2D eigenvalue weighted by Gasteiger charge is -2.59. The second-order valence-corrected chi connectivity index (χ2v) is 18.4. The van der Waals surface area contributed by atoms with E-state index in [9.17, 15) is 35.7 Å². The lowest BCUT2D eigenvalue weighted by Crippen LogP contribution is -2.65. The highest BCUT2D eigenvalue weighted by atomic mass is 16.7. The van der Waals surface area contributed by atoms with Gasteiger partial charge in [0.2, 0.25) is 0 Å². The lowest BCUT2D eigenvalue weighted by atomic mass is 9.47. The Labute approximate surface area is 307 Å². The summed E-state index contributed by atoms with van der Waals surface area (Å²) in [6.07, 6.45) is -2.81. The molecular weight excluding hydrogens is 674 g/mol. The van der Waals surface area contributed by atoms with Crippen LogP contribution in [0.4, 0.5) is 0 Å². The average molecular weight is 738 g/mol. The molecule has 0 aromatic rings. The smallest absolute Gasteiger partial charge is 0.187 e. The Morgan fingerprint density at radius 1 is 0.808 bits per heavy atom. The van der Waals surface area contributed by atoms with Gasteiger partial charge in [-0.2, -0.15) is 0 Å². The summed E-state index contributed by atoms with van der Waals surface area (Å²) in [5.74, 6) is 3.63. The molecule has 0 bridgehead atoms. The van der Waals surface area contributed by atoms with Crippen LogP contribution >= 0.6 is 0 Å². The van der Waals surface area contributed by atoms with Crippen LogP contribution in [0, 0.1) is 46.3 Å². The molecule has 1 spiro atoms. The monoisotopic (exact) mass is 737 g/mol. The Morgan fingerprint density at radius 3 is 2.21 bits per heavy atom. The summed E-state index contributed by atoms with van der Waals surface area (Å²) in [6.45, 7) is 9.61. The number of fused-ring (bicyclic) bond motifs is 7. The van der Waals surface area contributed by atoms with Gasteiger partial charge in [-0.05, 0) is 98.2 Å². The third-order valence-electron chi connectivity index (χ3n) is 15.8. The van der Waals surface area contributed by atoms with E-state index in [4.69, 9.17) is 23.7 Å². The highest BCUT2D eigenvalue weighted by Gasteiger charge is 2.68. The maximum atomic E-state index is 11.4. The summed E-state index contributed by atoms with van der Waals surface area (Å²) in [5, 5.41) is 76.8. The first kappa shape index (κ1) is 38.1. The Kier molecular flexibility index (Phi) is 10.3. The van der Waals surface area contributed by atoms with E-state index in [-0.39, 0.29) is 22.7 Å². The Hall–Kier alpha value is -0.780. The van der Waals surface area contributed by atoms with Crippen LogP contribution in [0.25, 0.3) is 0 Å². The second-order valence-electron chi connectivity index (χ2n) is 18.4. The largest absolute Gasteiger partial charge is 0.394 e. The van der Waals surface area contributed by atoms with E-state index in [1.165, 1.54) is 24.8 Å². The van der Waals surface area contributed by atoms with Crippen LogP contribution in [-0.4, -0.2) is 135 Å². The summed E-state index contributed by atoms with van der Waals surface area (Å²) < 4.78 is 30.6. The highest BCUT2D eigenvalue weighted by molar-refractivity contribution is 5.26. The van der Waals surface area contributed by atoms with Crippen molar-refractivity contribution in [2.75, 3.05) is 19.8 Å². The van der Waals surface area contributed by atoms with Gasteiger partial charge in [0, 0.05) is 12.5 Å². The number of piperidine rings is 1. The molecule has 3 saturated carbocycles. The van der Waals surface area contributed by atoms with E-state index < -0.39 is 74.6 Å². The number of nitrogens with one attached hydrogen (secondary N) is 1. The van der Waals surface area contributed by atoms with Crippen molar-refractivity contribution in [2.24, 2.45) is 46.3 Å². The second kappa shape index (κ2) is 14.0. The minimum absolute atomic E-state index is 0.0567. The zero-order valence-electron chi connectivity index (χ0n) is 31.1. The summed E-state index contributed by atoms with van der Waals surface area (Å²) >= 11 is 0. The van der Waals surface area contributed by atoms with Gasteiger partial charge in [-0.3, -0.25) is 5.32 Å². The van der Waals surface area contributed by atoms with Crippen LogP contribution in [0.2, 0.25) is 0 Å². The Balaban J connectivity index is 0.938. The van der Waals surface area contributed by atoms with Gasteiger partial charge >= 0.3 is 0 Å². The van der Waals surface area contributed by atoms with Crippen LogP contribution in [0.3, 0.4) is 0 Å². The first-order valence-electron chi connectivity index (χ1n) is 20.1. The van der Waals surface area contributed by atoms with Crippen LogP contribution in [0.15, 0.2) is 11.6 Å². The summed E-state index contributed by atoms with van der Waals surface area (Å²) in [5.41, 5.74) is 1.57. The molecule has 296 valence electrons. The van der Waals surface area contributed by atoms with Crippen molar-refractivity contribution in [3.05, 3.63) is 11.6 Å². The normalized spacial score (nSPS) is 57.5. The fourth-order valence-corrected chi connectivity index (χ4v) is 12.8. The van der Waals surface area contributed by atoms with E-state index >= 15 is 0 Å². The number of hydrogen-bond donors (Lipinski definition) is 8. The minimum Gasteiger partial charge on any atom is -0.394 e. The predicted octanol–water partition coefficient (Wildman–Crippen LogP) is 0.935. The SMILES string of the molecule is C[C@H]1CC[C@]2(NC1)O[C@H]1C[C@H]3[C@@H]4CC=C5C[C@@H](O[C@@H]6O[C@H](CO)[C@H](O)[C@H](O[C@@H]7O[C@H](CO)[C@@H](O)[C@H](O)[C@H]7O)[C@H]6O)CC[C@]5(C)[C@H]4CC[C@]3(C)[C@H]1[C@@H]2C. The summed E-state index contributed by atoms with van der Waals surface area (Å²) in [4.78, 5) is 0. The van der Waals surface area contributed by atoms with Gasteiger partial charge < -0.3 is 59.4 Å². The molecule has 4 aliphatic heterocycles. The molecule has 4 heterocycles. The number of rotatable bonds is 6. The number of aliphatic hydroxyl groups excluding tert-OH is 7. The molecule has 4 aliphatic carbocycles. The minimum atomic E-state index is -1.73. The van der Waals surface area contributed by atoms with Gasteiger partial charge in [0.05, 0.1) is 25.4 Å². The molecule has 13 heteroatoms. The molecule has 0 radical (unpaired) electrons. The molecular formula is C39H63NO12. The number of hydrogen-bond acceptors (Lipinski definition) is 13. The lowest BCUT2D eigenvalue weighted by molar-refractivity contribution is -0.364. The first-order chi connectivity index (χ1) is 24.7. The van der Waals surface area contributed by atoms with Crippen molar-refractivity contribution in [3.8, 4) is 0 Å². The fraction of sp³-hybridized carbons (Fsp3) is 0.949. The predicted molar refractivity (Wildman–Crippen MR) is 185 cm³/mol. The molecule has 8 N–H and O–H groups in total. The van der Waals surface area contributed by atoms with E-state index in [0.29, 0.717) is 48.0 Å². The number of allylic oxidation sites excluding steroid dienone is 1. The molecule has 8 rings (SSSR count). The highest BCUT2D eigenvalue weighted by Crippen LogP contribution is 2.70. The van der Waals surface area contributed by atoms with Gasteiger partial charge in [0.15, 0.2) is 12.6 Å². The average Bonchev–Trinajstić information content (AvgIpc) is 3.58. The van der Waals surface area contributed by atoms with Gasteiger partial charge in [-0.25, -0.2) is 0 Å². The summed E-state index contributed by atoms with van der Waals surface area (Å²) in [6, 6.07) is 0. The fourth-order valence-electron chi connectivity index (χ4n) is 12.8. The number of aliphatic hydroxyl groups is 7. The van der Waals surface area contributed by atoms with Gasteiger partial charge in [-0.15, -0.1) is 0 Å². The number of ether oxygens (including phenoxy) is 5. The molecule has 13 nitrogen and oxygen atoms in total. The van der Waals surface area contributed by atoms with Crippen LogP contribution in [0.5, 0.6) is 0 Å². The van der Waals surface area contributed by atoms with Crippen molar-refractivity contribution >= 4 is 0 Å². The molecule has 0 unspecified atom stereocenters. The standard InChI is InChI=1S/C39H63NO12/c1-18-7-12-39(40-15-18)19(2)28-25(52-39)14-24-22-6-5-20-13-21(8-10-37(20,3)23(22)9-11-38(24,28)4)48-36-33(47)34(30(44)27(17-42)50-36)51-35-32(46)31(45)29(43)26(16-41)49-35/h5,18-19,21-36,40-47H,6-17H2,1-4H3/t18-,19-,21-,22+,23-,24-,25-,26+,27+,28-,29+,30-,31-,32+,33+,34-,35-,36+,37-,38-,39-/m0/s1. The van der Waals surface area contributed by atoms with Crippen molar-refractivity contribution < 1.29 is 59.4 Å². The van der Waals surface area contributed by atoms with Gasteiger partial charge in [0.1, 0.15) is 54.6 Å². The zero-order valence-corrected chi connectivity index (χ0v) is 31.1.